The normalized spacial score (nSPS) is 15.3. The lowest BCUT2D eigenvalue weighted by molar-refractivity contribution is 0.0900. The van der Waals surface area contributed by atoms with Crippen LogP contribution in [0.15, 0.2) is 48.7 Å². The number of nitriles is 1. The number of carbonyl (C=O) groups is 1. The highest BCUT2D eigenvalue weighted by Crippen LogP contribution is 2.26. The number of ketones is 1. The van der Waals surface area contributed by atoms with Crippen molar-refractivity contribution in [3.63, 3.8) is 0 Å². The minimum atomic E-state index is 0.0629. The third-order valence-electron chi connectivity index (χ3n) is 4.13. The van der Waals surface area contributed by atoms with Crippen LogP contribution in [0.2, 0.25) is 0 Å². The SMILES string of the molecule is N#Cc1cccnc1N1CCC(C(=O)c2ccccc2)CC1. The molecule has 22 heavy (non-hydrogen) atoms. The van der Waals surface area contributed by atoms with Gasteiger partial charge in [0.1, 0.15) is 11.9 Å². The number of nitrogens with zero attached hydrogens (tertiary/aromatic N) is 3. The van der Waals surface area contributed by atoms with Gasteiger partial charge in [-0.05, 0) is 25.0 Å². The molecule has 0 amide bonds. The molecular formula is C18H17N3O. The molecule has 1 aliphatic rings. The molecule has 3 rings (SSSR count). The maximum atomic E-state index is 12.5. The van der Waals surface area contributed by atoms with Gasteiger partial charge < -0.3 is 4.90 Å². The van der Waals surface area contributed by atoms with E-state index in [9.17, 15) is 4.79 Å². The third-order valence-corrected chi connectivity index (χ3v) is 4.13. The first kappa shape index (κ1) is 14.3. The van der Waals surface area contributed by atoms with Crippen LogP contribution in [0.4, 0.5) is 5.82 Å². The first-order valence-corrected chi connectivity index (χ1v) is 7.49. The zero-order chi connectivity index (χ0) is 15.4. The lowest BCUT2D eigenvalue weighted by atomic mass is 9.89. The van der Waals surface area contributed by atoms with Crippen LogP contribution in [0, 0.1) is 17.2 Å². The molecule has 1 aliphatic heterocycles. The zero-order valence-electron chi connectivity index (χ0n) is 12.3. The molecule has 1 saturated heterocycles. The lowest BCUT2D eigenvalue weighted by Crippen LogP contribution is -2.37. The summed E-state index contributed by atoms with van der Waals surface area (Å²) in [7, 11) is 0. The van der Waals surface area contributed by atoms with Crippen molar-refractivity contribution in [2.75, 3.05) is 18.0 Å². The van der Waals surface area contributed by atoms with Gasteiger partial charge in [0.15, 0.2) is 5.78 Å². The second-order valence-electron chi connectivity index (χ2n) is 5.48. The number of Topliss-reactive ketones (excluding diaryl/α,β-unsaturated/α-hetero) is 1. The summed E-state index contributed by atoms with van der Waals surface area (Å²) in [6.07, 6.45) is 3.31. The van der Waals surface area contributed by atoms with Crippen molar-refractivity contribution < 1.29 is 4.79 Å². The van der Waals surface area contributed by atoms with Gasteiger partial charge in [-0.15, -0.1) is 0 Å². The summed E-state index contributed by atoms with van der Waals surface area (Å²) in [5, 5.41) is 9.17. The Morgan fingerprint density at radius 1 is 1.14 bits per heavy atom. The summed E-state index contributed by atoms with van der Waals surface area (Å²) in [6, 6.07) is 15.2. The van der Waals surface area contributed by atoms with Gasteiger partial charge in [-0.2, -0.15) is 5.26 Å². The van der Waals surface area contributed by atoms with Gasteiger partial charge in [-0.1, -0.05) is 30.3 Å². The van der Waals surface area contributed by atoms with E-state index in [1.165, 1.54) is 0 Å². The minimum Gasteiger partial charge on any atom is -0.355 e. The number of carbonyl (C=O) groups excluding carboxylic acids is 1. The average molecular weight is 291 g/mol. The van der Waals surface area contributed by atoms with Gasteiger partial charge in [0.25, 0.3) is 0 Å². The van der Waals surface area contributed by atoms with Gasteiger partial charge in [-0.25, -0.2) is 4.98 Å². The van der Waals surface area contributed by atoms with E-state index in [1.807, 2.05) is 30.3 Å². The van der Waals surface area contributed by atoms with Gasteiger partial charge in [0, 0.05) is 30.8 Å². The quantitative estimate of drug-likeness (QED) is 0.816. The van der Waals surface area contributed by atoms with Gasteiger partial charge in [0.2, 0.25) is 0 Å². The maximum absolute atomic E-state index is 12.5. The van der Waals surface area contributed by atoms with E-state index in [4.69, 9.17) is 5.26 Å². The molecule has 0 N–H and O–H groups in total. The lowest BCUT2D eigenvalue weighted by Gasteiger charge is -2.32. The number of piperidine rings is 1. The number of hydrogen-bond acceptors (Lipinski definition) is 4. The fraction of sp³-hybridized carbons (Fsp3) is 0.278. The van der Waals surface area contributed by atoms with Crippen molar-refractivity contribution >= 4 is 11.6 Å². The minimum absolute atomic E-state index is 0.0629. The largest absolute Gasteiger partial charge is 0.355 e. The highest BCUT2D eigenvalue weighted by atomic mass is 16.1. The molecule has 2 heterocycles. The fourth-order valence-electron chi connectivity index (χ4n) is 2.93. The topological polar surface area (TPSA) is 57.0 Å². The Kier molecular flexibility index (Phi) is 4.15. The molecule has 1 fully saturated rings. The van der Waals surface area contributed by atoms with Crippen molar-refractivity contribution in [1.29, 1.82) is 5.26 Å². The highest BCUT2D eigenvalue weighted by Gasteiger charge is 2.27. The summed E-state index contributed by atoms with van der Waals surface area (Å²) in [6.45, 7) is 1.52. The number of pyridine rings is 1. The molecule has 4 nitrogen and oxygen atoms in total. The zero-order valence-corrected chi connectivity index (χ0v) is 12.3. The van der Waals surface area contributed by atoms with E-state index < -0.39 is 0 Å². The van der Waals surface area contributed by atoms with Crippen LogP contribution < -0.4 is 4.90 Å². The first-order chi connectivity index (χ1) is 10.8. The molecule has 0 unspecified atom stereocenters. The van der Waals surface area contributed by atoms with Gasteiger partial charge in [0.05, 0.1) is 5.56 Å². The molecule has 110 valence electrons. The summed E-state index contributed by atoms with van der Waals surface area (Å²) in [5.74, 6) is 1.02. The first-order valence-electron chi connectivity index (χ1n) is 7.49. The van der Waals surface area contributed by atoms with Crippen LogP contribution in [0.3, 0.4) is 0 Å². The summed E-state index contributed by atoms with van der Waals surface area (Å²) < 4.78 is 0. The summed E-state index contributed by atoms with van der Waals surface area (Å²) in [4.78, 5) is 18.9. The van der Waals surface area contributed by atoms with Crippen molar-refractivity contribution in [3.05, 3.63) is 59.8 Å². The van der Waals surface area contributed by atoms with Crippen molar-refractivity contribution in [1.82, 2.24) is 4.98 Å². The monoisotopic (exact) mass is 291 g/mol. The second-order valence-corrected chi connectivity index (χ2v) is 5.48. The van der Waals surface area contributed by atoms with Crippen LogP contribution in [0.5, 0.6) is 0 Å². The summed E-state index contributed by atoms with van der Waals surface area (Å²) in [5.41, 5.74) is 1.38. The molecule has 0 aliphatic carbocycles. The molecule has 0 radical (unpaired) electrons. The van der Waals surface area contributed by atoms with E-state index >= 15 is 0 Å². The number of rotatable bonds is 3. The molecule has 0 spiro atoms. The van der Waals surface area contributed by atoms with Gasteiger partial charge in [-0.3, -0.25) is 4.79 Å². The molecule has 1 aromatic heterocycles. The van der Waals surface area contributed by atoms with Crippen molar-refractivity contribution in [3.8, 4) is 6.07 Å². The Morgan fingerprint density at radius 2 is 1.86 bits per heavy atom. The van der Waals surface area contributed by atoms with E-state index in [-0.39, 0.29) is 11.7 Å². The Morgan fingerprint density at radius 3 is 2.55 bits per heavy atom. The smallest absolute Gasteiger partial charge is 0.166 e. The maximum Gasteiger partial charge on any atom is 0.166 e. The second kappa shape index (κ2) is 6.40. The molecule has 4 heteroatoms. The van der Waals surface area contributed by atoms with Crippen LogP contribution in [0.25, 0.3) is 0 Å². The van der Waals surface area contributed by atoms with Crippen LogP contribution in [-0.4, -0.2) is 23.9 Å². The predicted octanol–water partition coefficient (Wildman–Crippen LogP) is 3.05. The van der Waals surface area contributed by atoms with E-state index in [0.29, 0.717) is 5.56 Å². The Balaban J connectivity index is 1.68. The van der Waals surface area contributed by atoms with E-state index in [2.05, 4.69) is 16.0 Å². The van der Waals surface area contributed by atoms with Crippen LogP contribution in [0.1, 0.15) is 28.8 Å². The highest BCUT2D eigenvalue weighted by molar-refractivity contribution is 5.97. The third kappa shape index (κ3) is 2.84. The van der Waals surface area contributed by atoms with Crippen molar-refractivity contribution in [2.24, 2.45) is 5.92 Å². The van der Waals surface area contributed by atoms with E-state index in [1.54, 1.807) is 18.3 Å². The molecule has 0 atom stereocenters. The fourth-order valence-corrected chi connectivity index (χ4v) is 2.93. The van der Waals surface area contributed by atoms with Crippen molar-refractivity contribution in [2.45, 2.75) is 12.8 Å². The predicted molar refractivity (Wildman–Crippen MR) is 84.7 cm³/mol. The summed E-state index contributed by atoms with van der Waals surface area (Å²) >= 11 is 0. The van der Waals surface area contributed by atoms with Crippen LogP contribution >= 0.6 is 0 Å². The molecule has 0 saturated carbocycles. The molecule has 0 bridgehead atoms. The molecular weight excluding hydrogens is 274 g/mol. The Bertz CT molecular complexity index is 698. The Hall–Kier alpha value is -2.67. The van der Waals surface area contributed by atoms with E-state index in [0.717, 1.165) is 37.3 Å². The van der Waals surface area contributed by atoms with Crippen LogP contribution in [-0.2, 0) is 0 Å². The number of benzene rings is 1. The standard InChI is InChI=1S/C18H17N3O/c19-13-16-7-4-10-20-18(16)21-11-8-15(9-12-21)17(22)14-5-2-1-3-6-14/h1-7,10,15H,8-9,11-12H2. The molecule has 1 aromatic carbocycles. The Labute approximate surface area is 130 Å². The number of anilines is 1. The number of hydrogen-bond donors (Lipinski definition) is 0. The average Bonchev–Trinajstić information content (AvgIpc) is 2.62. The number of aromatic nitrogens is 1. The molecule has 2 aromatic rings. The van der Waals surface area contributed by atoms with Gasteiger partial charge >= 0.3 is 0 Å².